The van der Waals surface area contributed by atoms with Crippen molar-refractivity contribution in [3.63, 3.8) is 0 Å². The lowest BCUT2D eigenvalue weighted by Crippen LogP contribution is -2.29. The predicted octanol–water partition coefficient (Wildman–Crippen LogP) is 5.16. The highest BCUT2D eigenvalue weighted by Crippen LogP contribution is 2.38. The fraction of sp³-hybridized carbons (Fsp3) is 0.379. The normalized spacial score (nSPS) is 20.7. The van der Waals surface area contributed by atoms with Gasteiger partial charge in [-0.2, -0.15) is 23.0 Å². The molecule has 2 aliphatic carbocycles. The fourth-order valence-corrected chi connectivity index (χ4v) is 5.61. The molecule has 6 rings (SSSR count). The fourth-order valence-electron chi connectivity index (χ4n) is 5.61. The summed E-state index contributed by atoms with van der Waals surface area (Å²) in [5.74, 6) is 0.824. The van der Waals surface area contributed by atoms with E-state index in [9.17, 15) is 23.1 Å². The lowest BCUT2D eigenvalue weighted by atomic mass is 10.0. The summed E-state index contributed by atoms with van der Waals surface area (Å²) in [7, 11) is 0. The molecule has 1 aromatic carbocycles. The van der Waals surface area contributed by atoms with E-state index in [1.165, 1.54) is 30.2 Å². The van der Waals surface area contributed by atoms with E-state index in [4.69, 9.17) is 9.47 Å². The maximum absolute atomic E-state index is 14.2. The van der Waals surface area contributed by atoms with Crippen molar-refractivity contribution in [1.29, 1.82) is 0 Å². The van der Waals surface area contributed by atoms with Crippen LogP contribution in [0.15, 0.2) is 65.1 Å². The number of hydrogen-bond acceptors (Lipinski definition) is 6. The molecule has 2 aliphatic heterocycles. The minimum atomic E-state index is -4.71. The number of fused-ring (bicyclic) bond motifs is 1. The first-order chi connectivity index (χ1) is 18.8. The zero-order chi connectivity index (χ0) is 27.1. The number of β-amino-alcohol motifs (C(OH)–C–C–N with tert-alkyl or cyclic N) is 1. The Morgan fingerprint density at radius 1 is 1.13 bits per heavy atom. The van der Waals surface area contributed by atoms with Gasteiger partial charge < -0.3 is 19.5 Å². The molecule has 2 aromatic rings. The highest BCUT2D eigenvalue weighted by atomic mass is 19.4. The molecule has 4 aliphatic rings. The molecule has 10 heteroatoms. The van der Waals surface area contributed by atoms with Crippen molar-refractivity contribution in [3.8, 4) is 5.69 Å². The van der Waals surface area contributed by atoms with Gasteiger partial charge in [-0.05, 0) is 62.3 Å². The molecule has 0 radical (unpaired) electrons. The Kier molecular flexibility index (Phi) is 6.58. The summed E-state index contributed by atoms with van der Waals surface area (Å²) in [5, 5.41) is 14.4. The Morgan fingerprint density at radius 2 is 1.97 bits per heavy atom. The molecule has 1 atom stereocenters. The van der Waals surface area contributed by atoms with Gasteiger partial charge in [-0.25, -0.2) is 0 Å². The molecule has 1 N–H and O–H groups in total. The van der Waals surface area contributed by atoms with Crippen LogP contribution in [0.25, 0.3) is 11.4 Å². The number of allylic oxidation sites excluding steroid dienone is 4. The van der Waals surface area contributed by atoms with Crippen LogP contribution >= 0.6 is 0 Å². The second kappa shape index (κ2) is 10.1. The van der Waals surface area contributed by atoms with E-state index in [0.29, 0.717) is 73.5 Å². The zero-order valence-electron chi connectivity index (χ0n) is 21.2. The smallest absolute Gasteiger partial charge is 0.418 e. The minimum Gasteiger partial charge on any atom is -0.465 e. The Balaban J connectivity index is 1.42. The first-order valence-corrected chi connectivity index (χ1v) is 13.1. The van der Waals surface area contributed by atoms with Gasteiger partial charge in [-0.1, -0.05) is 23.8 Å². The number of aromatic nitrogens is 2. The van der Waals surface area contributed by atoms with Crippen LogP contribution in [0, 0.1) is 0 Å². The monoisotopic (exact) mass is 539 g/mol. The molecule has 1 saturated heterocycles. The number of nitrogens with zero attached hydrogens (tertiary/aromatic N) is 3. The quantitative estimate of drug-likeness (QED) is 0.566. The highest BCUT2D eigenvalue weighted by Gasteiger charge is 2.36. The number of benzene rings is 1. The van der Waals surface area contributed by atoms with Crippen LogP contribution < -0.4 is 10.5 Å². The number of alkyl halides is 3. The molecule has 204 valence electrons. The molecule has 3 heterocycles. The van der Waals surface area contributed by atoms with E-state index < -0.39 is 23.4 Å². The van der Waals surface area contributed by atoms with E-state index in [2.05, 4.69) is 11.2 Å². The standard InChI is InChI=1S/C29H28F3N3O4/c30-29(31,32)24-10-9-19(34-12-11-20(36)15-34)14-25(24)35-28(37)23-8-4-7-22(23)27(33-35)26-17-38-16-21(39-26)13-18-5-2-1-3-6-18/h1-2,5,9-10,14,16-17,20,36H,3-4,6-8,11-13,15H2. The van der Waals surface area contributed by atoms with Crippen molar-refractivity contribution in [2.24, 2.45) is 0 Å². The van der Waals surface area contributed by atoms with Gasteiger partial charge in [0.25, 0.3) is 5.56 Å². The van der Waals surface area contributed by atoms with Crippen molar-refractivity contribution in [1.82, 2.24) is 9.78 Å². The number of ether oxygens (including phenoxy) is 2. The maximum atomic E-state index is 14.2. The van der Waals surface area contributed by atoms with Crippen molar-refractivity contribution >= 4 is 11.4 Å². The summed E-state index contributed by atoms with van der Waals surface area (Å²) in [6, 6.07) is 3.68. The molecule has 1 aromatic heterocycles. The molecule has 0 saturated carbocycles. The first kappa shape index (κ1) is 25.5. The van der Waals surface area contributed by atoms with Crippen LogP contribution in [0.4, 0.5) is 18.9 Å². The van der Waals surface area contributed by atoms with Crippen LogP contribution in [-0.4, -0.2) is 34.1 Å². The van der Waals surface area contributed by atoms with Crippen molar-refractivity contribution in [2.45, 2.75) is 57.2 Å². The Labute approximate surface area is 223 Å². The average molecular weight is 540 g/mol. The first-order valence-electron chi connectivity index (χ1n) is 13.1. The third-order valence-corrected chi connectivity index (χ3v) is 7.55. The summed E-state index contributed by atoms with van der Waals surface area (Å²) in [6.07, 6.45) is 8.35. The summed E-state index contributed by atoms with van der Waals surface area (Å²) in [4.78, 5) is 15.4. The second-order valence-corrected chi connectivity index (χ2v) is 10.2. The Hall–Kier alpha value is -3.79. The van der Waals surface area contributed by atoms with Crippen LogP contribution in [0.1, 0.15) is 54.5 Å². The third kappa shape index (κ3) is 5.01. The average Bonchev–Trinajstić information content (AvgIpc) is 3.59. The minimum absolute atomic E-state index is 0.263. The van der Waals surface area contributed by atoms with Gasteiger partial charge in [-0.15, -0.1) is 0 Å². The van der Waals surface area contributed by atoms with Crippen LogP contribution in [0.5, 0.6) is 0 Å². The van der Waals surface area contributed by atoms with Gasteiger partial charge in [0.05, 0.1) is 17.4 Å². The number of aliphatic hydroxyl groups excluding tert-OH is 1. The number of aliphatic hydroxyl groups is 1. The van der Waals surface area contributed by atoms with Crippen LogP contribution in [0.2, 0.25) is 0 Å². The van der Waals surface area contributed by atoms with Gasteiger partial charge in [-0.3, -0.25) is 4.79 Å². The molecule has 0 amide bonds. The predicted molar refractivity (Wildman–Crippen MR) is 139 cm³/mol. The Bertz CT molecular complexity index is 1490. The second-order valence-electron chi connectivity index (χ2n) is 10.2. The molecule has 1 fully saturated rings. The van der Waals surface area contributed by atoms with Gasteiger partial charge in [0.15, 0.2) is 5.76 Å². The van der Waals surface area contributed by atoms with Crippen molar-refractivity contribution in [3.05, 3.63) is 93.0 Å². The van der Waals surface area contributed by atoms with Gasteiger partial charge in [0.2, 0.25) is 0 Å². The molecular weight excluding hydrogens is 511 g/mol. The lowest BCUT2D eigenvalue weighted by Gasteiger charge is -2.23. The van der Waals surface area contributed by atoms with Gasteiger partial charge in [0.1, 0.15) is 24.0 Å². The maximum Gasteiger partial charge on any atom is 0.418 e. The van der Waals surface area contributed by atoms with E-state index >= 15 is 0 Å². The van der Waals surface area contributed by atoms with E-state index in [1.807, 2.05) is 12.2 Å². The van der Waals surface area contributed by atoms with Crippen LogP contribution in [-0.2, 0) is 28.5 Å². The van der Waals surface area contributed by atoms with Gasteiger partial charge >= 0.3 is 6.18 Å². The van der Waals surface area contributed by atoms with E-state index in [0.717, 1.165) is 23.6 Å². The lowest BCUT2D eigenvalue weighted by molar-refractivity contribution is -0.137. The van der Waals surface area contributed by atoms with Crippen molar-refractivity contribution in [2.75, 3.05) is 18.0 Å². The number of anilines is 1. The molecule has 39 heavy (non-hydrogen) atoms. The summed E-state index contributed by atoms with van der Waals surface area (Å²) in [5.41, 5.74) is 1.21. The highest BCUT2D eigenvalue weighted by molar-refractivity contribution is 5.63. The molecule has 7 nitrogen and oxygen atoms in total. The number of rotatable bonds is 5. The third-order valence-electron chi connectivity index (χ3n) is 7.55. The molecule has 1 unspecified atom stereocenters. The van der Waals surface area contributed by atoms with E-state index in [1.54, 1.807) is 4.90 Å². The number of hydrogen-bond donors (Lipinski definition) is 1. The molecular formula is C29H28F3N3O4. The number of halogens is 3. The Morgan fingerprint density at radius 3 is 2.72 bits per heavy atom. The summed E-state index contributed by atoms with van der Waals surface area (Å²) in [6.45, 7) is 0.811. The van der Waals surface area contributed by atoms with Crippen molar-refractivity contribution < 1.29 is 27.8 Å². The zero-order valence-corrected chi connectivity index (χ0v) is 21.2. The van der Waals surface area contributed by atoms with E-state index in [-0.39, 0.29) is 11.4 Å². The molecule has 0 bridgehead atoms. The summed E-state index contributed by atoms with van der Waals surface area (Å²) < 4.78 is 55.1. The SMILES string of the molecule is O=c1c2c(c(C3=COC=C(CC4=CC=CCC4)O3)nn1-c1cc(N3CCC(O)C3)ccc1C(F)(F)F)CCC2. The van der Waals surface area contributed by atoms with Crippen LogP contribution in [0.3, 0.4) is 0 Å². The summed E-state index contributed by atoms with van der Waals surface area (Å²) >= 11 is 0. The van der Waals surface area contributed by atoms with Gasteiger partial charge in [0, 0.05) is 30.8 Å². The largest absolute Gasteiger partial charge is 0.465 e. The molecule has 0 spiro atoms. The topological polar surface area (TPSA) is 76.8 Å².